The summed E-state index contributed by atoms with van der Waals surface area (Å²) in [5.74, 6) is 1.36. The van der Waals surface area contributed by atoms with Crippen LogP contribution in [-0.4, -0.2) is 29.4 Å². The van der Waals surface area contributed by atoms with Crippen molar-refractivity contribution in [2.75, 3.05) is 18.6 Å². The van der Waals surface area contributed by atoms with Gasteiger partial charge in [0.15, 0.2) is 11.5 Å². The summed E-state index contributed by atoms with van der Waals surface area (Å²) >= 11 is 2.17. The molecular weight excluding hydrogens is 521 g/mol. The van der Waals surface area contributed by atoms with Gasteiger partial charge in [-0.05, 0) is 47.2 Å². The first kappa shape index (κ1) is 23.0. The Hall–Kier alpha value is -3.65. The highest BCUT2D eigenvalue weighted by molar-refractivity contribution is 14.1. The molecule has 0 saturated carbocycles. The molecule has 162 valence electrons. The standard InChI is InChI=1S/C23H20IN5O3/c1-3-10-32-21-18(24)11-15(12-19(21)31-4-2)14-26-29-23-27-20(16-8-6-5-7-9-16)17(13-25)22(30)28-23/h3,5-9,11-12,14H,1,4,10H2,2H3,(H2,27,28,29,30). The van der Waals surface area contributed by atoms with E-state index in [4.69, 9.17) is 9.47 Å². The van der Waals surface area contributed by atoms with E-state index < -0.39 is 5.56 Å². The lowest BCUT2D eigenvalue weighted by molar-refractivity contribution is 0.295. The Morgan fingerprint density at radius 3 is 2.78 bits per heavy atom. The van der Waals surface area contributed by atoms with Gasteiger partial charge in [0.2, 0.25) is 5.95 Å². The first-order chi connectivity index (χ1) is 15.6. The van der Waals surface area contributed by atoms with Gasteiger partial charge in [0.1, 0.15) is 18.2 Å². The summed E-state index contributed by atoms with van der Waals surface area (Å²) in [5.41, 5.74) is 3.82. The van der Waals surface area contributed by atoms with Crippen LogP contribution >= 0.6 is 22.6 Å². The molecule has 0 bridgehead atoms. The van der Waals surface area contributed by atoms with Crippen molar-refractivity contribution in [2.24, 2.45) is 5.10 Å². The van der Waals surface area contributed by atoms with Gasteiger partial charge in [-0.2, -0.15) is 10.4 Å². The van der Waals surface area contributed by atoms with Crippen LogP contribution in [0, 0.1) is 14.9 Å². The zero-order valence-corrected chi connectivity index (χ0v) is 19.4. The Kier molecular flexibility index (Phi) is 7.99. The number of ether oxygens (including phenoxy) is 2. The van der Waals surface area contributed by atoms with E-state index in [-0.39, 0.29) is 17.2 Å². The Labute approximate surface area is 198 Å². The Morgan fingerprint density at radius 1 is 1.31 bits per heavy atom. The molecule has 1 aromatic heterocycles. The maximum Gasteiger partial charge on any atom is 0.270 e. The molecule has 0 unspecified atom stereocenters. The third kappa shape index (κ3) is 5.53. The SMILES string of the molecule is C=CCOc1c(I)cc(C=NNc2nc(-c3ccccc3)c(C#N)c(=O)[nH]2)cc1OCC. The predicted molar refractivity (Wildman–Crippen MR) is 132 cm³/mol. The molecule has 32 heavy (non-hydrogen) atoms. The summed E-state index contributed by atoms with van der Waals surface area (Å²) in [5, 5.41) is 13.5. The predicted octanol–water partition coefficient (Wildman–Crippen LogP) is 4.32. The van der Waals surface area contributed by atoms with Crippen molar-refractivity contribution in [1.29, 1.82) is 5.26 Å². The third-order valence-electron chi connectivity index (χ3n) is 4.14. The maximum absolute atomic E-state index is 12.3. The van der Waals surface area contributed by atoms with E-state index in [1.807, 2.05) is 37.3 Å². The molecule has 0 aliphatic carbocycles. The minimum absolute atomic E-state index is 0.0586. The fraction of sp³-hybridized carbons (Fsp3) is 0.130. The monoisotopic (exact) mass is 541 g/mol. The molecule has 0 aliphatic heterocycles. The highest BCUT2D eigenvalue weighted by Gasteiger charge is 2.13. The second kappa shape index (κ2) is 11.1. The molecule has 2 N–H and O–H groups in total. The molecule has 3 rings (SSSR count). The van der Waals surface area contributed by atoms with Crippen molar-refractivity contribution in [1.82, 2.24) is 9.97 Å². The fourth-order valence-electron chi connectivity index (χ4n) is 2.81. The molecule has 9 heteroatoms. The number of benzene rings is 2. The largest absolute Gasteiger partial charge is 0.490 e. The van der Waals surface area contributed by atoms with Gasteiger partial charge in [0.05, 0.1) is 22.1 Å². The number of H-pyrrole nitrogens is 1. The van der Waals surface area contributed by atoms with Gasteiger partial charge >= 0.3 is 0 Å². The van der Waals surface area contributed by atoms with E-state index in [2.05, 4.69) is 49.7 Å². The van der Waals surface area contributed by atoms with Crippen LogP contribution in [0.4, 0.5) is 5.95 Å². The summed E-state index contributed by atoms with van der Waals surface area (Å²) < 4.78 is 12.2. The van der Waals surface area contributed by atoms with Crippen molar-refractivity contribution in [2.45, 2.75) is 6.92 Å². The van der Waals surface area contributed by atoms with Crippen molar-refractivity contribution < 1.29 is 9.47 Å². The van der Waals surface area contributed by atoms with Crippen molar-refractivity contribution >= 4 is 34.8 Å². The van der Waals surface area contributed by atoms with Crippen LogP contribution in [0.5, 0.6) is 11.5 Å². The van der Waals surface area contributed by atoms with Crippen molar-refractivity contribution in [3.05, 3.63) is 80.2 Å². The zero-order valence-electron chi connectivity index (χ0n) is 17.3. The summed E-state index contributed by atoms with van der Waals surface area (Å²) in [7, 11) is 0. The zero-order chi connectivity index (χ0) is 22.9. The molecule has 0 aliphatic rings. The number of anilines is 1. The van der Waals surface area contributed by atoms with E-state index in [1.54, 1.807) is 30.5 Å². The number of aromatic amines is 1. The Morgan fingerprint density at radius 2 is 2.09 bits per heavy atom. The number of nitrogens with zero attached hydrogens (tertiary/aromatic N) is 3. The quantitative estimate of drug-likeness (QED) is 0.181. The number of hydrogen-bond acceptors (Lipinski definition) is 7. The summed E-state index contributed by atoms with van der Waals surface area (Å²) in [6.45, 7) is 6.41. The molecule has 0 amide bonds. The van der Waals surface area contributed by atoms with Gasteiger partial charge in [-0.3, -0.25) is 9.78 Å². The van der Waals surface area contributed by atoms with E-state index in [1.165, 1.54) is 0 Å². The number of hydrogen-bond donors (Lipinski definition) is 2. The number of aromatic nitrogens is 2. The van der Waals surface area contributed by atoms with Crippen LogP contribution in [0.25, 0.3) is 11.3 Å². The highest BCUT2D eigenvalue weighted by atomic mass is 127. The van der Waals surface area contributed by atoms with Crippen LogP contribution in [0.3, 0.4) is 0 Å². The van der Waals surface area contributed by atoms with Gasteiger partial charge in [0.25, 0.3) is 5.56 Å². The molecule has 0 atom stereocenters. The van der Waals surface area contributed by atoms with Crippen LogP contribution in [0.2, 0.25) is 0 Å². The second-order valence-electron chi connectivity index (χ2n) is 6.35. The first-order valence-corrected chi connectivity index (χ1v) is 10.7. The number of halogens is 1. The Bertz CT molecular complexity index is 1230. The molecule has 0 fully saturated rings. The smallest absolute Gasteiger partial charge is 0.270 e. The molecule has 0 radical (unpaired) electrons. The van der Waals surface area contributed by atoms with Crippen LogP contribution in [-0.2, 0) is 0 Å². The number of nitrogens with one attached hydrogen (secondary N) is 2. The first-order valence-electron chi connectivity index (χ1n) is 9.66. The fourth-order valence-corrected chi connectivity index (χ4v) is 3.59. The normalized spacial score (nSPS) is 10.5. The van der Waals surface area contributed by atoms with Gasteiger partial charge in [-0.15, -0.1) is 0 Å². The number of rotatable bonds is 9. The molecular formula is C23H20IN5O3. The van der Waals surface area contributed by atoms with E-state index >= 15 is 0 Å². The van der Waals surface area contributed by atoms with Gasteiger partial charge in [-0.25, -0.2) is 10.4 Å². The molecule has 0 spiro atoms. The molecule has 0 saturated heterocycles. The average Bonchev–Trinajstić information content (AvgIpc) is 2.79. The molecule has 3 aromatic rings. The minimum atomic E-state index is -0.545. The van der Waals surface area contributed by atoms with Crippen LogP contribution < -0.4 is 20.5 Å². The summed E-state index contributed by atoms with van der Waals surface area (Å²) in [6.07, 6.45) is 3.24. The van der Waals surface area contributed by atoms with Gasteiger partial charge in [0, 0.05) is 5.56 Å². The second-order valence-corrected chi connectivity index (χ2v) is 7.51. The summed E-state index contributed by atoms with van der Waals surface area (Å²) in [4.78, 5) is 19.2. The van der Waals surface area contributed by atoms with E-state index in [9.17, 15) is 10.1 Å². The summed E-state index contributed by atoms with van der Waals surface area (Å²) in [6, 6.07) is 14.6. The Balaban J connectivity index is 1.87. The molecule has 2 aromatic carbocycles. The number of nitriles is 1. The topological polar surface area (TPSA) is 112 Å². The van der Waals surface area contributed by atoms with Gasteiger partial charge < -0.3 is 9.47 Å². The van der Waals surface area contributed by atoms with Crippen LogP contribution in [0.15, 0.2) is 65.0 Å². The van der Waals surface area contributed by atoms with Crippen LogP contribution in [0.1, 0.15) is 18.1 Å². The lowest BCUT2D eigenvalue weighted by atomic mass is 10.1. The highest BCUT2D eigenvalue weighted by Crippen LogP contribution is 2.34. The number of hydrazone groups is 1. The van der Waals surface area contributed by atoms with Crippen molar-refractivity contribution in [3.63, 3.8) is 0 Å². The van der Waals surface area contributed by atoms with Crippen molar-refractivity contribution in [3.8, 4) is 28.8 Å². The lowest BCUT2D eigenvalue weighted by Crippen LogP contribution is -2.16. The lowest BCUT2D eigenvalue weighted by Gasteiger charge is -2.13. The molecule has 1 heterocycles. The van der Waals surface area contributed by atoms with Gasteiger partial charge in [-0.1, -0.05) is 43.0 Å². The van der Waals surface area contributed by atoms with E-state index in [0.717, 1.165) is 9.13 Å². The average molecular weight is 541 g/mol. The third-order valence-corrected chi connectivity index (χ3v) is 4.94. The van der Waals surface area contributed by atoms with E-state index in [0.29, 0.717) is 30.3 Å². The molecule has 8 nitrogen and oxygen atoms in total. The maximum atomic E-state index is 12.3. The minimum Gasteiger partial charge on any atom is -0.490 e.